The van der Waals surface area contributed by atoms with Crippen LogP contribution in [0.1, 0.15) is 9.67 Å². The van der Waals surface area contributed by atoms with Crippen molar-refractivity contribution in [3.63, 3.8) is 0 Å². The number of pyridine rings is 1. The predicted octanol–water partition coefficient (Wildman–Crippen LogP) is 2.44. The third-order valence-electron chi connectivity index (χ3n) is 1.67. The summed E-state index contributed by atoms with van der Waals surface area (Å²) in [7, 11) is 0. The Morgan fingerprint density at radius 3 is 2.93 bits per heavy atom. The first-order chi connectivity index (χ1) is 7.27. The van der Waals surface area contributed by atoms with E-state index in [2.05, 4.69) is 15.3 Å². The highest BCUT2D eigenvalue weighted by Crippen LogP contribution is 2.20. The molecule has 0 atom stereocenters. The van der Waals surface area contributed by atoms with Crippen molar-refractivity contribution in [1.82, 2.24) is 9.97 Å². The molecule has 0 saturated heterocycles. The van der Waals surface area contributed by atoms with E-state index in [1.165, 1.54) is 23.7 Å². The number of aromatic nitrogens is 2. The highest BCUT2D eigenvalue weighted by Gasteiger charge is 2.09. The normalized spacial score (nSPS) is 9.93. The van der Waals surface area contributed by atoms with Gasteiger partial charge in [0.25, 0.3) is 5.91 Å². The largest absolute Gasteiger partial charge is 0.319 e. The Balaban J connectivity index is 2.17. The fourth-order valence-corrected chi connectivity index (χ4v) is 1.65. The molecule has 0 radical (unpaired) electrons. The molecule has 1 N–H and O–H groups in total. The zero-order chi connectivity index (χ0) is 10.7. The second-order valence-electron chi connectivity index (χ2n) is 2.68. The van der Waals surface area contributed by atoms with Gasteiger partial charge in [0, 0.05) is 6.20 Å². The average molecular weight is 240 g/mol. The lowest BCUT2D eigenvalue weighted by Crippen LogP contribution is -2.10. The molecule has 0 aliphatic carbocycles. The molecule has 1 amide bonds. The van der Waals surface area contributed by atoms with Crippen molar-refractivity contribution >= 4 is 34.5 Å². The SMILES string of the molecule is O=C(Nc1cnccc1Cl)c1cncs1. The van der Waals surface area contributed by atoms with Crippen molar-refractivity contribution in [3.05, 3.63) is 40.1 Å². The van der Waals surface area contributed by atoms with Crippen LogP contribution in [0.3, 0.4) is 0 Å². The van der Waals surface area contributed by atoms with E-state index in [1.807, 2.05) is 0 Å². The van der Waals surface area contributed by atoms with Gasteiger partial charge in [-0.1, -0.05) is 11.6 Å². The summed E-state index contributed by atoms with van der Waals surface area (Å²) in [5.74, 6) is -0.229. The zero-order valence-corrected chi connectivity index (χ0v) is 9.05. The molecule has 0 bridgehead atoms. The standard InChI is InChI=1S/C9H6ClN3OS/c10-6-1-2-11-3-7(6)13-9(14)8-4-12-5-15-8/h1-5H,(H,13,14). The quantitative estimate of drug-likeness (QED) is 0.876. The van der Waals surface area contributed by atoms with Gasteiger partial charge in [0.05, 0.1) is 28.6 Å². The van der Waals surface area contributed by atoms with E-state index in [0.29, 0.717) is 15.6 Å². The fraction of sp³-hybridized carbons (Fsp3) is 0. The summed E-state index contributed by atoms with van der Waals surface area (Å²) in [5, 5.41) is 3.11. The number of amides is 1. The van der Waals surface area contributed by atoms with Crippen LogP contribution in [-0.2, 0) is 0 Å². The van der Waals surface area contributed by atoms with E-state index in [4.69, 9.17) is 11.6 Å². The van der Waals surface area contributed by atoms with Crippen LogP contribution in [0.4, 0.5) is 5.69 Å². The number of hydrogen-bond donors (Lipinski definition) is 1. The minimum atomic E-state index is -0.229. The molecule has 2 aromatic heterocycles. The smallest absolute Gasteiger partial charge is 0.267 e. The Kier molecular flexibility index (Phi) is 2.94. The van der Waals surface area contributed by atoms with E-state index in [-0.39, 0.29) is 5.91 Å². The van der Waals surface area contributed by atoms with Crippen LogP contribution in [-0.4, -0.2) is 15.9 Å². The highest BCUT2D eigenvalue weighted by molar-refractivity contribution is 7.11. The van der Waals surface area contributed by atoms with Gasteiger partial charge in [0.15, 0.2) is 0 Å². The Hall–Kier alpha value is -1.46. The second-order valence-corrected chi connectivity index (χ2v) is 3.97. The average Bonchev–Trinajstić information content (AvgIpc) is 2.74. The molecule has 15 heavy (non-hydrogen) atoms. The molecule has 0 fully saturated rings. The molecule has 0 aliphatic heterocycles. The summed E-state index contributed by atoms with van der Waals surface area (Å²) in [6, 6.07) is 1.61. The molecule has 4 nitrogen and oxygen atoms in total. The van der Waals surface area contributed by atoms with E-state index < -0.39 is 0 Å². The van der Waals surface area contributed by atoms with Gasteiger partial charge >= 0.3 is 0 Å². The molecule has 6 heteroatoms. The number of nitrogens with one attached hydrogen (secondary N) is 1. The first kappa shape index (κ1) is 10.1. The highest BCUT2D eigenvalue weighted by atomic mass is 35.5. The van der Waals surface area contributed by atoms with Crippen molar-refractivity contribution < 1.29 is 4.79 Å². The summed E-state index contributed by atoms with van der Waals surface area (Å²) in [4.78, 5) is 19.8. The minimum absolute atomic E-state index is 0.229. The minimum Gasteiger partial charge on any atom is -0.319 e. The maximum absolute atomic E-state index is 11.6. The molecule has 0 spiro atoms. The number of carbonyl (C=O) groups is 1. The van der Waals surface area contributed by atoms with Crippen LogP contribution < -0.4 is 5.32 Å². The molecule has 2 aromatic rings. The first-order valence-electron chi connectivity index (χ1n) is 4.07. The van der Waals surface area contributed by atoms with E-state index >= 15 is 0 Å². The van der Waals surface area contributed by atoms with Crippen molar-refractivity contribution in [1.29, 1.82) is 0 Å². The Bertz CT molecular complexity index is 472. The van der Waals surface area contributed by atoms with Crippen LogP contribution >= 0.6 is 22.9 Å². The summed E-state index contributed by atoms with van der Waals surface area (Å²) >= 11 is 7.13. The van der Waals surface area contributed by atoms with Gasteiger partial charge in [-0.05, 0) is 6.07 Å². The third-order valence-corrected chi connectivity index (χ3v) is 2.77. The van der Waals surface area contributed by atoms with E-state index in [1.54, 1.807) is 17.8 Å². The van der Waals surface area contributed by atoms with Gasteiger partial charge < -0.3 is 5.32 Å². The van der Waals surface area contributed by atoms with Gasteiger partial charge in [-0.25, -0.2) is 0 Å². The molecule has 0 unspecified atom stereocenters. The first-order valence-corrected chi connectivity index (χ1v) is 5.32. The zero-order valence-electron chi connectivity index (χ0n) is 7.48. The lowest BCUT2D eigenvalue weighted by Gasteiger charge is -2.03. The molecular formula is C9H6ClN3OS. The van der Waals surface area contributed by atoms with E-state index in [9.17, 15) is 4.79 Å². The Morgan fingerprint density at radius 2 is 2.27 bits per heavy atom. The lowest BCUT2D eigenvalue weighted by atomic mass is 10.4. The number of halogens is 1. The van der Waals surface area contributed by atoms with Crippen LogP contribution in [0.25, 0.3) is 0 Å². The number of hydrogen-bond acceptors (Lipinski definition) is 4. The van der Waals surface area contributed by atoms with Crippen LogP contribution in [0.5, 0.6) is 0 Å². The van der Waals surface area contributed by atoms with Crippen LogP contribution in [0.2, 0.25) is 5.02 Å². The molecule has 0 aliphatic rings. The molecular weight excluding hydrogens is 234 g/mol. The lowest BCUT2D eigenvalue weighted by molar-refractivity contribution is 0.103. The van der Waals surface area contributed by atoms with Crippen molar-refractivity contribution in [2.24, 2.45) is 0 Å². The topological polar surface area (TPSA) is 54.9 Å². The summed E-state index contributed by atoms with van der Waals surface area (Å²) in [5.41, 5.74) is 2.09. The molecule has 76 valence electrons. The van der Waals surface area contributed by atoms with Gasteiger partial charge in [-0.2, -0.15) is 0 Å². The van der Waals surface area contributed by atoms with Crippen LogP contribution in [0, 0.1) is 0 Å². The molecule has 2 heterocycles. The Morgan fingerprint density at radius 1 is 1.40 bits per heavy atom. The summed E-state index contributed by atoms with van der Waals surface area (Å²) < 4.78 is 0. The molecule has 0 aromatic carbocycles. The van der Waals surface area contributed by atoms with Gasteiger partial charge in [-0.3, -0.25) is 14.8 Å². The van der Waals surface area contributed by atoms with Gasteiger partial charge in [-0.15, -0.1) is 11.3 Å². The Labute approximate surface area is 94.9 Å². The van der Waals surface area contributed by atoms with Gasteiger partial charge in [0.2, 0.25) is 0 Å². The van der Waals surface area contributed by atoms with Crippen molar-refractivity contribution in [3.8, 4) is 0 Å². The number of thiazole rings is 1. The number of nitrogens with zero attached hydrogens (tertiary/aromatic N) is 2. The number of rotatable bonds is 2. The molecule has 0 saturated carbocycles. The van der Waals surface area contributed by atoms with E-state index in [0.717, 1.165) is 0 Å². The summed E-state index contributed by atoms with van der Waals surface area (Å²) in [6.45, 7) is 0. The predicted molar refractivity (Wildman–Crippen MR) is 59.3 cm³/mol. The molecule has 2 rings (SSSR count). The maximum atomic E-state index is 11.6. The van der Waals surface area contributed by atoms with Gasteiger partial charge in [0.1, 0.15) is 4.88 Å². The monoisotopic (exact) mass is 239 g/mol. The maximum Gasteiger partial charge on any atom is 0.267 e. The second kappa shape index (κ2) is 4.37. The fourth-order valence-electron chi connectivity index (χ4n) is 0.981. The number of carbonyl (C=O) groups excluding carboxylic acids is 1. The summed E-state index contributed by atoms with van der Waals surface area (Å²) in [6.07, 6.45) is 4.57. The number of anilines is 1. The van der Waals surface area contributed by atoms with Crippen molar-refractivity contribution in [2.75, 3.05) is 5.32 Å². The van der Waals surface area contributed by atoms with Crippen LogP contribution in [0.15, 0.2) is 30.2 Å². The van der Waals surface area contributed by atoms with Crippen molar-refractivity contribution in [2.45, 2.75) is 0 Å². The third kappa shape index (κ3) is 2.31.